The predicted molar refractivity (Wildman–Crippen MR) is 90.2 cm³/mol. The van der Waals surface area contributed by atoms with Gasteiger partial charge in [0.1, 0.15) is 0 Å². The Kier molecular flexibility index (Phi) is 6.49. The summed E-state index contributed by atoms with van der Waals surface area (Å²) in [5.74, 6) is 0. The molecule has 0 spiro atoms. The summed E-state index contributed by atoms with van der Waals surface area (Å²) >= 11 is 3.49. The van der Waals surface area contributed by atoms with E-state index in [9.17, 15) is 0 Å². The predicted octanol–water partition coefficient (Wildman–Crippen LogP) is 4.21. The number of hydrogen-bond acceptors (Lipinski definition) is 3. The summed E-state index contributed by atoms with van der Waals surface area (Å²) in [5, 5.41) is 3.57. The van der Waals surface area contributed by atoms with Gasteiger partial charge < -0.3 is 14.6 Å². The third-order valence-electron chi connectivity index (χ3n) is 3.55. The van der Waals surface area contributed by atoms with Gasteiger partial charge in [0.05, 0.1) is 12.5 Å². The van der Waals surface area contributed by atoms with Crippen molar-refractivity contribution >= 4 is 15.9 Å². The zero-order chi connectivity index (χ0) is 15.1. The smallest absolute Gasteiger partial charge is 0.0947 e. The molecule has 1 aromatic carbocycles. The topological polar surface area (TPSA) is 28.4 Å². The van der Waals surface area contributed by atoms with Gasteiger partial charge >= 0.3 is 0 Å². The van der Waals surface area contributed by atoms with Gasteiger partial charge in [0.2, 0.25) is 0 Å². The van der Waals surface area contributed by atoms with Gasteiger partial charge in [0.15, 0.2) is 0 Å². The largest absolute Gasteiger partial charge is 0.472 e. The minimum Gasteiger partial charge on any atom is -0.472 e. The standard InChI is InChI=1S/C17H23BrN2O/c1-3-19-17(15-4-6-16(18)7-5-15)8-10-20(2)12-14-9-11-21-13-14/h4-7,9,11,13,17,19H,3,8,10,12H2,1-2H3. The van der Waals surface area contributed by atoms with E-state index < -0.39 is 0 Å². The fourth-order valence-electron chi connectivity index (χ4n) is 2.45. The molecule has 1 heterocycles. The van der Waals surface area contributed by atoms with E-state index >= 15 is 0 Å². The number of halogens is 1. The SMILES string of the molecule is CCNC(CCN(C)Cc1ccoc1)c1ccc(Br)cc1. The van der Waals surface area contributed by atoms with Crippen molar-refractivity contribution in [2.45, 2.75) is 25.9 Å². The van der Waals surface area contributed by atoms with Gasteiger partial charge in [-0.2, -0.15) is 0 Å². The molecule has 2 rings (SSSR count). The van der Waals surface area contributed by atoms with Crippen LogP contribution in [0.5, 0.6) is 0 Å². The van der Waals surface area contributed by atoms with Crippen LogP contribution in [0.2, 0.25) is 0 Å². The van der Waals surface area contributed by atoms with E-state index in [2.05, 4.69) is 64.4 Å². The lowest BCUT2D eigenvalue weighted by Crippen LogP contribution is -2.27. The van der Waals surface area contributed by atoms with E-state index in [1.165, 1.54) is 11.1 Å². The molecule has 0 saturated carbocycles. The van der Waals surface area contributed by atoms with Crippen LogP contribution >= 0.6 is 15.9 Å². The summed E-state index contributed by atoms with van der Waals surface area (Å²) in [5.41, 5.74) is 2.57. The molecular formula is C17H23BrN2O. The minimum absolute atomic E-state index is 0.398. The molecule has 4 heteroatoms. The molecule has 0 bridgehead atoms. The Hall–Kier alpha value is -1.10. The Balaban J connectivity index is 1.88. The fourth-order valence-corrected chi connectivity index (χ4v) is 2.72. The number of rotatable bonds is 8. The van der Waals surface area contributed by atoms with Gasteiger partial charge in [0, 0.05) is 22.6 Å². The molecule has 0 amide bonds. The molecule has 114 valence electrons. The highest BCUT2D eigenvalue weighted by Gasteiger charge is 2.11. The summed E-state index contributed by atoms with van der Waals surface area (Å²) in [4.78, 5) is 2.33. The number of furan rings is 1. The van der Waals surface area contributed by atoms with E-state index in [1.807, 2.05) is 12.3 Å². The monoisotopic (exact) mass is 350 g/mol. The average molecular weight is 351 g/mol. The van der Waals surface area contributed by atoms with Crippen LogP contribution in [0.1, 0.15) is 30.5 Å². The maximum absolute atomic E-state index is 5.12. The summed E-state index contributed by atoms with van der Waals surface area (Å²) in [6, 6.07) is 11.0. The van der Waals surface area contributed by atoms with Crippen molar-refractivity contribution in [1.29, 1.82) is 0 Å². The van der Waals surface area contributed by atoms with Crippen LogP contribution in [-0.2, 0) is 6.54 Å². The van der Waals surface area contributed by atoms with Crippen molar-refractivity contribution in [2.75, 3.05) is 20.1 Å². The summed E-state index contributed by atoms with van der Waals surface area (Å²) in [7, 11) is 2.15. The van der Waals surface area contributed by atoms with Crippen LogP contribution in [0.15, 0.2) is 51.7 Å². The van der Waals surface area contributed by atoms with E-state index in [4.69, 9.17) is 4.42 Å². The van der Waals surface area contributed by atoms with Gasteiger partial charge in [-0.25, -0.2) is 0 Å². The van der Waals surface area contributed by atoms with Crippen molar-refractivity contribution in [3.05, 3.63) is 58.5 Å². The molecule has 1 aromatic heterocycles. The maximum atomic E-state index is 5.12. The first-order chi connectivity index (χ1) is 10.2. The van der Waals surface area contributed by atoms with Crippen molar-refractivity contribution in [2.24, 2.45) is 0 Å². The van der Waals surface area contributed by atoms with E-state index in [0.29, 0.717) is 6.04 Å². The summed E-state index contributed by atoms with van der Waals surface area (Å²) in [6.45, 7) is 5.10. The van der Waals surface area contributed by atoms with Crippen LogP contribution in [-0.4, -0.2) is 25.0 Å². The molecule has 1 N–H and O–H groups in total. The van der Waals surface area contributed by atoms with Gasteiger partial charge in [-0.1, -0.05) is 35.0 Å². The number of hydrogen-bond donors (Lipinski definition) is 1. The Morgan fingerprint density at radius 2 is 2.00 bits per heavy atom. The normalized spacial score (nSPS) is 12.8. The van der Waals surface area contributed by atoms with E-state index in [-0.39, 0.29) is 0 Å². The molecule has 0 radical (unpaired) electrons. The molecule has 2 aromatic rings. The first-order valence-corrected chi connectivity index (χ1v) is 8.16. The molecule has 0 saturated heterocycles. The first kappa shape index (κ1) is 16.3. The third kappa shape index (κ3) is 5.30. The third-order valence-corrected chi connectivity index (χ3v) is 4.08. The molecule has 0 aliphatic rings. The molecular weight excluding hydrogens is 328 g/mol. The second kappa shape index (κ2) is 8.37. The maximum Gasteiger partial charge on any atom is 0.0947 e. The highest BCUT2D eigenvalue weighted by atomic mass is 79.9. The van der Waals surface area contributed by atoms with Crippen LogP contribution in [0, 0.1) is 0 Å². The second-order valence-electron chi connectivity index (χ2n) is 5.32. The van der Waals surface area contributed by atoms with Crippen LogP contribution in [0.25, 0.3) is 0 Å². The zero-order valence-electron chi connectivity index (χ0n) is 12.7. The van der Waals surface area contributed by atoms with Crippen molar-refractivity contribution in [3.63, 3.8) is 0 Å². The Bertz CT molecular complexity index is 510. The van der Waals surface area contributed by atoms with Gasteiger partial charge in [-0.3, -0.25) is 0 Å². The lowest BCUT2D eigenvalue weighted by Gasteiger charge is -2.22. The molecule has 3 nitrogen and oxygen atoms in total. The molecule has 0 fully saturated rings. The quantitative estimate of drug-likeness (QED) is 0.772. The van der Waals surface area contributed by atoms with Gasteiger partial charge in [0.25, 0.3) is 0 Å². The van der Waals surface area contributed by atoms with Crippen molar-refractivity contribution < 1.29 is 4.42 Å². The highest BCUT2D eigenvalue weighted by Crippen LogP contribution is 2.20. The fraction of sp³-hybridized carbons (Fsp3) is 0.412. The Labute approximate surface area is 135 Å². The van der Waals surface area contributed by atoms with Crippen molar-refractivity contribution in [3.8, 4) is 0 Å². The van der Waals surface area contributed by atoms with E-state index in [1.54, 1.807) is 6.26 Å². The second-order valence-corrected chi connectivity index (χ2v) is 6.24. The molecule has 1 unspecified atom stereocenters. The highest BCUT2D eigenvalue weighted by molar-refractivity contribution is 9.10. The van der Waals surface area contributed by atoms with Crippen LogP contribution < -0.4 is 5.32 Å². The zero-order valence-corrected chi connectivity index (χ0v) is 14.3. The Morgan fingerprint density at radius 1 is 1.24 bits per heavy atom. The van der Waals surface area contributed by atoms with Gasteiger partial charge in [-0.15, -0.1) is 0 Å². The number of nitrogens with zero attached hydrogens (tertiary/aromatic N) is 1. The average Bonchev–Trinajstić information content (AvgIpc) is 2.97. The molecule has 1 atom stereocenters. The van der Waals surface area contributed by atoms with Crippen LogP contribution in [0.4, 0.5) is 0 Å². The minimum atomic E-state index is 0.398. The number of benzene rings is 1. The molecule has 0 aliphatic heterocycles. The lowest BCUT2D eigenvalue weighted by atomic mass is 10.0. The summed E-state index contributed by atoms with van der Waals surface area (Å²) < 4.78 is 6.24. The molecule has 21 heavy (non-hydrogen) atoms. The van der Waals surface area contributed by atoms with Gasteiger partial charge in [-0.05, 0) is 50.3 Å². The van der Waals surface area contributed by atoms with Crippen molar-refractivity contribution in [1.82, 2.24) is 10.2 Å². The number of nitrogens with one attached hydrogen (secondary N) is 1. The van der Waals surface area contributed by atoms with E-state index in [0.717, 1.165) is 30.5 Å². The molecule has 0 aliphatic carbocycles. The summed E-state index contributed by atoms with van der Waals surface area (Å²) in [6.07, 6.45) is 4.63. The lowest BCUT2D eigenvalue weighted by molar-refractivity contribution is 0.300. The van der Waals surface area contributed by atoms with Crippen LogP contribution in [0.3, 0.4) is 0 Å². The Morgan fingerprint density at radius 3 is 2.62 bits per heavy atom. The first-order valence-electron chi connectivity index (χ1n) is 7.37.